The quantitative estimate of drug-likeness (QED) is 0.111. The van der Waals surface area contributed by atoms with Gasteiger partial charge in [-0.2, -0.15) is 0 Å². The predicted molar refractivity (Wildman–Crippen MR) is 233 cm³/mol. The van der Waals surface area contributed by atoms with Gasteiger partial charge in [-0.25, -0.2) is 0 Å². The Morgan fingerprint density at radius 1 is 0.678 bits per heavy atom. The molecule has 59 heavy (non-hydrogen) atoms. The number of nitrogens with zero attached hydrogens (tertiary/aromatic N) is 1. The fraction of sp³-hybridized carbons (Fsp3) is 0.296. The maximum absolute atomic E-state index is 13.5. The van der Waals surface area contributed by atoms with Gasteiger partial charge in [0.1, 0.15) is 6.10 Å². The van der Waals surface area contributed by atoms with Gasteiger partial charge in [-0.3, -0.25) is 4.90 Å². The van der Waals surface area contributed by atoms with Crippen LogP contribution in [0.25, 0.3) is 21.5 Å². The van der Waals surface area contributed by atoms with Gasteiger partial charge in [0, 0.05) is 34.8 Å². The largest absolute Gasteiger partial charge is 0.482 e. The van der Waals surface area contributed by atoms with Gasteiger partial charge < -0.3 is 19.3 Å². The molecule has 0 unspecified atom stereocenters. The van der Waals surface area contributed by atoms with Crippen LogP contribution in [0.4, 0.5) is 0 Å². The Hall–Kier alpha value is -5.46. The molecule has 12 rings (SSSR count). The van der Waals surface area contributed by atoms with Gasteiger partial charge in [-0.1, -0.05) is 146 Å². The number of fused-ring (bicyclic) bond motifs is 2. The lowest BCUT2D eigenvalue weighted by molar-refractivity contribution is -0.216. The first-order chi connectivity index (χ1) is 29.1. The van der Waals surface area contributed by atoms with Crippen molar-refractivity contribution in [1.29, 1.82) is 0 Å². The molecule has 0 radical (unpaired) electrons. The summed E-state index contributed by atoms with van der Waals surface area (Å²) in [6.45, 7) is 2.47. The Morgan fingerprint density at radius 3 is 1.88 bits per heavy atom. The van der Waals surface area contributed by atoms with Crippen LogP contribution in [0.1, 0.15) is 65.5 Å². The number of aliphatic hydroxyl groups is 1. The van der Waals surface area contributed by atoms with Crippen molar-refractivity contribution in [2.24, 2.45) is 5.92 Å². The maximum Gasteiger partial charge on any atom is 0.184 e. The van der Waals surface area contributed by atoms with Crippen LogP contribution in [0.5, 0.6) is 11.5 Å². The van der Waals surface area contributed by atoms with Crippen molar-refractivity contribution in [3.05, 3.63) is 191 Å². The van der Waals surface area contributed by atoms with Gasteiger partial charge in [0.15, 0.2) is 17.1 Å². The van der Waals surface area contributed by atoms with E-state index in [4.69, 9.17) is 14.2 Å². The van der Waals surface area contributed by atoms with Crippen LogP contribution in [0.2, 0.25) is 0 Å². The molecule has 5 aliphatic rings. The number of likely N-dealkylation sites (tertiary alicyclic amines) is 1. The number of hydrogen-bond donors (Lipinski definition) is 1. The topological polar surface area (TPSA) is 51.2 Å². The predicted octanol–water partition coefficient (Wildman–Crippen LogP) is 10.5. The summed E-state index contributed by atoms with van der Waals surface area (Å²) in [6, 6.07) is 55.7. The molecular formula is C54H49NO4. The molecular weight excluding hydrogens is 727 g/mol. The number of piperidine rings is 1. The van der Waals surface area contributed by atoms with Crippen LogP contribution in [0.15, 0.2) is 158 Å². The molecule has 2 heterocycles. The van der Waals surface area contributed by atoms with Crippen molar-refractivity contribution in [1.82, 2.24) is 4.90 Å². The molecule has 5 nitrogen and oxygen atoms in total. The zero-order chi connectivity index (χ0) is 39.2. The van der Waals surface area contributed by atoms with Gasteiger partial charge in [0.25, 0.3) is 0 Å². The molecule has 3 fully saturated rings. The van der Waals surface area contributed by atoms with Crippen LogP contribution in [-0.2, 0) is 28.8 Å². The van der Waals surface area contributed by atoms with E-state index < -0.39 is 16.6 Å². The number of benzene rings is 7. The van der Waals surface area contributed by atoms with E-state index in [0.29, 0.717) is 18.8 Å². The zero-order valence-electron chi connectivity index (χ0n) is 33.3. The minimum atomic E-state index is -0.976. The molecule has 2 bridgehead atoms. The third-order valence-electron chi connectivity index (χ3n) is 14.8. The minimum Gasteiger partial charge on any atom is -0.482 e. The van der Waals surface area contributed by atoms with Crippen molar-refractivity contribution < 1.29 is 19.3 Å². The van der Waals surface area contributed by atoms with E-state index in [1.165, 1.54) is 45.5 Å². The molecule has 0 amide bonds. The van der Waals surface area contributed by atoms with Gasteiger partial charge in [-0.05, 0) is 95.8 Å². The third-order valence-corrected chi connectivity index (χ3v) is 14.8. The third kappa shape index (κ3) is 5.27. The zero-order valence-corrected chi connectivity index (χ0v) is 33.3. The van der Waals surface area contributed by atoms with Gasteiger partial charge in [-0.15, -0.1) is 0 Å². The molecule has 294 valence electrons. The van der Waals surface area contributed by atoms with Crippen LogP contribution in [0.3, 0.4) is 0 Å². The van der Waals surface area contributed by atoms with Gasteiger partial charge >= 0.3 is 0 Å². The highest BCUT2D eigenvalue weighted by atomic mass is 16.6. The normalized spacial score (nSPS) is 25.7. The fourth-order valence-corrected chi connectivity index (χ4v) is 12.0. The summed E-state index contributed by atoms with van der Waals surface area (Å²) in [5, 5.41) is 18.4. The highest BCUT2D eigenvalue weighted by molar-refractivity contribution is 6.02. The van der Waals surface area contributed by atoms with Crippen LogP contribution in [0, 0.1) is 5.92 Å². The van der Waals surface area contributed by atoms with E-state index in [1.54, 1.807) is 0 Å². The summed E-state index contributed by atoms with van der Waals surface area (Å²) < 4.78 is 22.4. The average molecular weight is 776 g/mol. The Bertz CT molecular complexity index is 2550. The summed E-state index contributed by atoms with van der Waals surface area (Å²) in [5.41, 5.74) is 4.17. The standard InChI is InChI=1S/C54H49NO4/c56-53-29-28-47(57-35-45-43-22-12-10-14-37(43)32-38-15-11-13-23-44(38)45)51-52(53)30-31-55(34-36-24-25-36)48(53)33-39-26-27-46(50(58-51)49(39)52)59-54(40-16-4-1-5-17-40,41-18-6-2-7-19-41)42-20-8-3-9-21-42/h1-23,26-27,32,36,47-48,51,56H,24-25,28-31,33-35H2/t47-,48+,51-,52-,53+/m0/s1. The summed E-state index contributed by atoms with van der Waals surface area (Å²) in [7, 11) is 0. The maximum atomic E-state index is 13.5. The molecule has 1 spiro atoms. The van der Waals surface area contributed by atoms with E-state index >= 15 is 0 Å². The van der Waals surface area contributed by atoms with E-state index in [1.807, 2.05) is 0 Å². The summed E-state index contributed by atoms with van der Waals surface area (Å²) in [6.07, 6.45) is 5.02. The lowest BCUT2D eigenvalue weighted by Crippen LogP contribution is -2.77. The molecule has 2 aliphatic heterocycles. The van der Waals surface area contributed by atoms with Crippen molar-refractivity contribution in [2.45, 2.75) is 80.0 Å². The van der Waals surface area contributed by atoms with E-state index in [9.17, 15) is 5.11 Å². The first-order valence-corrected chi connectivity index (χ1v) is 21.7. The number of rotatable bonds is 10. The van der Waals surface area contributed by atoms with E-state index in [-0.39, 0.29) is 18.2 Å². The first-order valence-electron chi connectivity index (χ1n) is 21.7. The highest BCUT2D eigenvalue weighted by Crippen LogP contribution is 2.66. The van der Waals surface area contributed by atoms with Crippen LogP contribution in [-0.4, -0.2) is 46.9 Å². The molecule has 1 saturated heterocycles. The van der Waals surface area contributed by atoms with E-state index in [0.717, 1.165) is 66.3 Å². The van der Waals surface area contributed by atoms with Gasteiger partial charge in [0.05, 0.1) is 23.7 Å². The van der Waals surface area contributed by atoms with Crippen LogP contribution >= 0.6 is 0 Å². The molecule has 3 aliphatic carbocycles. The molecule has 0 aromatic heterocycles. The molecule has 5 heteroatoms. The highest BCUT2D eigenvalue weighted by Gasteiger charge is 2.73. The second kappa shape index (κ2) is 13.5. The first kappa shape index (κ1) is 35.5. The van der Waals surface area contributed by atoms with Crippen LogP contribution < -0.4 is 9.47 Å². The SMILES string of the molecule is O[C@@]12CC[C@H](OCc3c4ccccc4cc4ccccc34)[C@@H]3Oc4c(OC(c5ccccc5)(c5ccccc5)c5ccccc5)ccc5c4[C@@]31CCN(CC1CC1)[C@@H]2C5. The van der Waals surface area contributed by atoms with Gasteiger partial charge in [0.2, 0.25) is 0 Å². The van der Waals surface area contributed by atoms with Crippen molar-refractivity contribution in [2.75, 3.05) is 13.1 Å². The van der Waals surface area contributed by atoms with Crippen molar-refractivity contribution in [3.63, 3.8) is 0 Å². The molecule has 5 atom stereocenters. The van der Waals surface area contributed by atoms with Crippen molar-refractivity contribution >= 4 is 21.5 Å². The number of hydrogen-bond acceptors (Lipinski definition) is 5. The monoisotopic (exact) mass is 775 g/mol. The van der Waals surface area contributed by atoms with E-state index in [2.05, 4.69) is 163 Å². The summed E-state index contributed by atoms with van der Waals surface area (Å²) >= 11 is 0. The Morgan fingerprint density at radius 2 is 1.27 bits per heavy atom. The summed E-state index contributed by atoms with van der Waals surface area (Å²) in [5.74, 6) is 2.22. The Balaban J connectivity index is 1.00. The lowest BCUT2D eigenvalue weighted by atomic mass is 9.48. The molecule has 7 aromatic rings. The fourth-order valence-electron chi connectivity index (χ4n) is 12.0. The lowest BCUT2D eigenvalue weighted by Gasteiger charge is -2.64. The molecule has 2 saturated carbocycles. The Kier molecular flexibility index (Phi) is 8.14. The van der Waals surface area contributed by atoms with Crippen molar-refractivity contribution in [3.8, 4) is 11.5 Å². The smallest absolute Gasteiger partial charge is 0.184 e. The number of ether oxygens (including phenoxy) is 3. The minimum absolute atomic E-state index is 0.0353. The molecule has 7 aromatic carbocycles. The summed E-state index contributed by atoms with van der Waals surface area (Å²) in [4.78, 5) is 2.64. The molecule has 1 N–H and O–H groups in total. The second-order valence-electron chi connectivity index (χ2n) is 17.8. The Labute approximate surface area is 346 Å². The average Bonchev–Trinajstić information content (AvgIpc) is 4.04. The second-order valence-corrected chi connectivity index (χ2v) is 17.8.